The summed E-state index contributed by atoms with van der Waals surface area (Å²) >= 11 is 1.62. The SMILES string of the molecule is Cc1nc2c(s1)C(N(C)S(=O)(=O)c1cnn3c1CNCC3)CCC2. The molecule has 0 radical (unpaired) electrons. The Hall–Kier alpha value is -1.29. The van der Waals surface area contributed by atoms with E-state index in [2.05, 4.69) is 15.4 Å². The maximum Gasteiger partial charge on any atom is 0.246 e. The first-order valence-corrected chi connectivity index (χ1v) is 10.4. The van der Waals surface area contributed by atoms with Crippen molar-refractivity contribution in [3.63, 3.8) is 0 Å². The van der Waals surface area contributed by atoms with E-state index in [4.69, 9.17) is 0 Å². The Kier molecular flexibility index (Phi) is 3.98. The molecule has 7 nitrogen and oxygen atoms in total. The van der Waals surface area contributed by atoms with Crippen LogP contribution in [0.4, 0.5) is 0 Å². The lowest BCUT2D eigenvalue weighted by molar-refractivity contribution is 0.340. The summed E-state index contributed by atoms with van der Waals surface area (Å²) in [6, 6.07) is -0.128. The molecule has 1 unspecified atom stereocenters. The van der Waals surface area contributed by atoms with Gasteiger partial charge in [-0.05, 0) is 26.2 Å². The van der Waals surface area contributed by atoms with Gasteiger partial charge in [-0.3, -0.25) is 4.68 Å². The molecule has 0 saturated heterocycles. The lowest BCUT2D eigenvalue weighted by Gasteiger charge is -2.30. The molecule has 0 bridgehead atoms. The molecule has 1 N–H and O–H groups in total. The van der Waals surface area contributed by atoms with Crippen molar-refractivity contribution in [3.05, 3.63) is 27.5 Å². The Labute approximate surface area is 145 Å². The van der Waals surface area contributed by atoms with Crippen molar-refractivity contribution in [3.8, 4) is 0 Å². The van der Waals surface area contributed by atoms with Crippen LogP contribution < -0.4 is 5.32 Å². The van der Waals surface area contributed by atoms with E-state index in [9.17, 15) is 8.42 Å². The summed E-state index contributed by atoms with van der Waals surface area (Å²) in [5.74, 6) is 0. The molecule has 2 aromatic rings. The van der Waals surface area contributed by atoms with Gasteiger partial charge in [0.1, 0.15) is 4.90 Å². The Morgan fingerprint density at radius 2 is 2.29 bits per heavy atom. The second-order valence-corrected chi connectivity index (χ2v) is 9.53. The summed E-state index contributed by atoms with van der Waals surface area (Å²) in [4.78, 5) is 5.99. The number of aromatic nitrogens is 3. The molecule has 0 amide bonds. The van der Waals surface area contributed by atoms with E-state index in [-0.39, 0.29) is 6.04 Å². The molecular formula is C15H21N5O2S2. The molecule has 2 aromatic heterocycles. The number of hydrogen-bond acceptors (Lipinski definition) is 6. The molecule has 9 heteroatoms. The van der Waals surface area contributed by atoms with E-state index in [1.165, 1.54) is 10.5 Å². The summed E-state index contributed by atoms with van der Waals surface area (Å²) in [5.41, 5.74) is 1.82. The van der Waals surface area contributed by atoms with Crippen LogP contribution in [0.1, 0.15) is 40.2 Å². The summed E-state index contributed by atoms with van der Waals surface area (Å²) in [6.45, 7) is 4.04. The highest BCUT2D eigenvalue weighted by atomic mass is 32.2. The summed E-state index contributed by atoms with van der Waals surface area (Å²) < 4.78 is 29.7. The fraction of sp³-hybridized carbons (Fsp3) is 0.600. The number of thiazole rings is 1. The quantitative estimate of drug-likeness (QED) is 0.888. The van der Waals surface area contributed by atoms with Gasteiger partial charge < -0.3 is 5.32 Å². The van der Waals surface area contributed by atoms with E-state index < -0.39 is 10.0 Å². The molecule has 1 aliphatic heterocycles. The standard InChI is InChI=1S/C15H21N5O2S2/c1-10-18-11-4-3-5-12(15(11)23-10)19(2)24(21,22)14-9-17-20-7-6-16-8-13(14)20/h9,12,16H,3-8H2,1-2H3. The number of aryl methyl sites for hydroxylation is 2. The number of rotatable bonds is 3. The zero-order chi connectivity index (χ0) is 16.9. The van der Waals surface area contributed by atoms with Gasteiger partial charge in [0, 0.05) is 25.0 Å². The van der Waals surface area contributed by atoms with Crippen molar-refractivity contribution in [2.75, 3.05) is 13.6 Å². The predicted molar refractivity (Wildman–Crippen MR) is 91.4 cm³/mol. The van der Waals surface area contributed by atoms with E-state index >= 15 is 0 Å². The van der Waals surface area contributed by atoms with E-state index in [1.807, 2.05) is 6.92 Å². The van der Waals surface area contributed by atoms with E-state index in [0.29, 0.717) is 18.0 Å². The number of hydrogen-bond donors (Lipinski definition) is 1. The van der Waals surface area contributed by atoms with Gasteiger partial charge in [0.25, 0.3) is 0 Å². The molecule has 0 saturated carbocycles. The first-order chi connectivity index (χ1) is 11.5. The monoisotopic (exact) mass is 367 g/mol. The first-order valence-electron chi connectivity index (χ1n) is 8.18. The number of nitrogens with one attached hydrogen (secondary N) is 1. The summed E-state index contributed by atoms with van der Waals surface area (Å²) in [7, 11) is -1.90. The van der Waals surface area contributed by atoms with Crippen LogP contribution in [0.25, 0.3) is 0 Å². The van der Waals surface area contributed by atoms with Crippen molar-refractivity contribution in [2.24, 2.45) is 0 Å². The second kappa shape index (κ2) is 5.91. The average molecular weight is 368 g/mol. The highest BCUT2D eigenvalue weighted by Crippen LogP contribution is 2.39. The molecule has 0 aromatic carbocycles. The van der Waals surface area contributed by atoms with Crippen LogP contribution >= 0.6 is 11.3 Å². The zero-order valence-electron chi connectivity index (χ0n) is 13.8. The minimum absolute atomic E-state index is 0.128. The van der Waals surface area contributed by atoms with Gasteiger partial charge in [-0.2, -0.15) is 9.40 Å². The normalized spacial score (nSPS) is 20.9. The van der Waals surface area contributed by atoms with Crippen molar-refractivity contribution in [1.82, 2.24) is 24.4 Å². The van der Waals surface area contributed by atoms with Crippen LogP contribution in [0, 0.1) is 6.92 Å². The van der Waals surface area contributed by atoms with Crippen LogP contribution in [0.3, 0.4) is 0 Å². The van der Waals surface area contributed by atoms with Gasteiger partial charge in [-0.25, -0.2) is 13.4 Å². The molecule has 130 valence electrons. The topological polar surface area (TPSA) is 80.1 Å². The Morgan fingerprint density at radius 1 is 1.46 bits per heavy atom. The van der Waals surface area contributed by atoms with Crippen LogP contribution in [-0.4, -0.2) is 41.1 Å². The van der Waals surface area contributed by atoms with Crippen molar-refractivity contribution >= 4 is 21.4 Å². The second-order valence-electron chi connectivity index (χ2n) is 6.33. The molecule has 0 spiro atoms. The lowest BCUT2D eigenvalue weighted by Crippen LogP contribution is -2.35. The molecule has 0 fully saturated rings. The summed E-state index contributed by atoms with van der Waals surface area (Å²) in [6.07, 6.45) is 4.24. The van der Waals surface area contributed by atoms with Crippen molar-refractivity contribution in [1.29, 1.82) is 0 Å². The van der Waals surface area contributed by atoms with Crippen LogP contribution in [0.15, 0.2) is 11.1 Å². The third-order valence-electron chi connectivity index (χ3n) is 4.83. The van der Waals surface area contributed by atoms with E-state index in [1.54, 1.807) is 23.1 Å². The van der Waals surface area contributed by atoms with E-state index in [0.717, 1.165) is 47.1 Å². The molecule has 2 aliphatic rings. The van der Waals surface area contributed by atoms with Crippen molar-refractivity contribution < 1.29 is 8.42 Å². The lowest BCUT2D eigenvalue weighted by atomic mass is 9.98. The molecular weight excluding hydrogens is 346 g/mol. The molecule has 3 heterocycles. The Morgan fingerprint density at radius 3 is 3.12 bits per heavy atom. The smallest absolute Gasteiger partial charge is 0.246 e. The van der Waals surface area contributed by atoms with Gasteiger partial charge >= 0.3 is 0 Å². The van der Waals surface area contributed by atoms with Gasteiger partial charge in [-0.1, -0.05) is 0 Å². The third kappa shape index (κ3) is 2.50. The molecule has 1 aliphatic carbocycles. The largest absolute Gasteiger partial charge is 0.309 e. The maximum atomic E-state index is 13.2. The van der Waals surface area contributed by atoms with Crippen LogP contribution in [0.5, 0.6) is 0 Å². The van der Waals surface area contributed by atoms with Gasteiger partial charge in [0.05, 0.1) is 35.2 Å². The Balaban J connectivity index is 1.71. The average Bonchev–Trinajstić information content (AvgIpc) is 3.16. The fourth-order valence-corrected chi connectivity index (χ4v) is 6.29. The third-order valence-corrected chi connectivity index (χ3v) is 7.85. The zero-order valence-corrected chi connectivity index (χ0v) is 15.5. The van der Waals surface area contributed by atoms with Gasteiger partial charge in [0.2, 0.25) is 10.0 Å². The number of nitrogens with zero attached hydrogens (tertiary/aromatic N) is 4. The first kappa shape index (κ1) is 16.2. The molecule has 1 atom stereocenters. The number of fused-ring (bicyclic) bond motifs is 2. The highest BCUT2D eigenvalue weighted by molar-refractivity contribution is 7.89. The summed E-state index contributed by atoms with van der Waals surface area (Å²) in [5, 5.41) is 8.49. The highest BCUT2D eigenvalue weighted by Gasteiger charge is 2.36. The Bertz CT molecular complexity index is 871. The van der Waals surface area contributed by atoms with Crippen LogP contribution in [-0.2, 0) is 29.5 Å². The van der Waals surface area contributed by atoms with Crippen LogP contribution in [0.2, 0.25) is 0 Å². The molecule has 4 rings (SSSR count). The minimum atomic E-state index is -3.58. The molecule has 24 heavy (non-hydrogen) atoms. The fourth-order valence-electron chi connectivity index (χ4n) is 3.56. The van der Waals surface area contributed by atoms with Crippen molar-refractivity contribution in [2.45, 2.75) is 50.2 Å². The minimum Gasteiger partial charge on any atom is -0.309 e. The number of sulfonamides is 1. The predicted octanol–water partition coefficient (Wildman–Crippen LogP) is 1.45. The maximum absolute atomic E-state index is 13.2. The van der Waals surface area contributed by atoms with Gasteiger partial charge in [0.15, 0.2) is 0 Å². The van der Waals surface area contributed by atoms with Gasteiger partial charge in [-0.15, -0.1) is 11.3 Å².